The van der Waals surface area contributed by atoms with Gasteiger partial charge in [0.05, 0.1) is 11.4 Å². The number of nitrogens with zero attached hydrogens (tertiary/aromatic N) is 8. The predicted molar refractivity (Wildman–Crippen MR) is 116 cm³/mol. The largest absolute Gasteiger partial charge is 0.353 e. The highest BCUT2D eigenvalue weighted by Gasteiger charge is 2.23. The van der Waals surface area contributed by atoms with E-state index in [1.807, 2.05) is 66.7 Å². The van der Waals surface area contributed by atoms with Gasteiger partial charge in [-0.1, -0.05) is 6.07 Å². The fraction of sp³-hybridized carbons (Fsp3) is 0.227. The molecule has 4 aromatic rings. The first-order chi connectivity index (χ1) is 15.2. The van der Waals surface area contributed by atoms with E-state index in [0.29, 0.717) is 31.7 Å². The molecular formula is C22H22N8O. The molecule has 156 valence electrons. The zero-order valence-electron chi connectivity index (χ0n) is 17.2. The average Bonchev–Trinajstić information content (AvgIpc) is 3.51. The lowest BCUT2D eigenvalue weighted by Crippen LogP contribution is -2.49. The molecule has 0 saturated carbocycles. The summed E-state index contributed by atoms with van der Waals surface area (Å²) in [7, 11) is 0. The SMILES string of the molecule is Cc1ccn(-c2cc(N3CCN(C(=O)c4cccc(-n5cccn5)c4)CC3)ncn2)n1. The third-order valence-corrected chi connectivity index (χ3v) is 5.35. The molecule has 1 aromatic carbocycles. The fourth-order valence-electron chi connectivity index (χ4n) is 3.70. The Balaban J connectivity index is 1.27. The number of hydrogen-bond donors (Lipinski definition) is 0. The Kier molecular flexibility index (Phi) is 4.91. The van der Waals surface area contributed by atoms with Gasteiger partial charge in [0.1, 0.15) is 12.1 Å². The molecule has 1 fully saturated rings. The van der Waals surface area contributed by atoms with Crippen molar-refractivity contribution in [2.24, 2.45) is 0 Å². The van der Waals surface area contributed by atoms with Crippen LogP contribution in [0.1, 0.15) is 16.1 Å². The molecule has 4 heterocycles. The number of carbonyl (C=O) groups excluding carboxylic acids is 1. The zero-order chi connectivity index (χ0) is 21.2. The minimum absolute atomic E-state index is 0.0315. The van der Waals surface area contributed by atoms with Crippen molar-refractivity contribution in [1.29, 1.82) is 0 Å². The summed E-state index contributed by atoms with van der Waals surface area (Å²) < 4.78 is 3.50. The maximum Gasteiger partial charge on any atom is 0.254 e. The summed E-state index contributed by atoms with van der Waals surface area (Å²) in [6, 6.07) is 13.3. The second-order valence-corrected chi connectivity index (χ2v) is 7.42. The Bertz CT molecular complexity index is 1190. The maximum atomic E-state index is 13.0. The van der Waals surface area contributed by atoms with E-state index >= 15 is 0 Å². The second-order valence-electron chi connectivity index (χ2n) is 7.42. The molecule has 5 rings (SSSR count). The zero-order valence-corrected chi connectivity index (χ0v) is 17.2. The molecule has 0 bridgehead atoms. The first kappa shape index (κ1) is 19.0. The number of benzene rings is 1. The van der Waals surface area contributed by atoms with E-state index in [9.17, 15) is 4.79 Å². The van der Waals surface area contributed by atoms with Crippen molar-refractivity contribution < 1.29 is 4.79 Å². The standard InChI is InChI=1S/C22H22N8O/c1-17-6-9-30(26-17)21-15-20(23-16-24-21)27-10-12-28(13-11-27)22(31)18-4-2-5-19(14-18)29-8-3-7-25-29/h2-9,14-16H,10-13H2,1H3. The smallest absolute Gasteiger partial charge is 0.254 e. The minimum Gasteiger partial charge on any atom is -0.353 e. The van der Waals surface area contributed by atoms with Crippen molar-refractivity contribution in [3.8, 4) is 11.5 Å². The number of amides is 1. The van der Waals surface area contributed by atoms with Crippen LogP contribution < -0.4 is 4.90 Å². The topological polar surface area (TPSA) is 85.0 Å². The average molecular weight is 414 g/mol. The Morgan fingerprint density at radius 2 is 1.74 bits per heavy atom. The molecule has 0 aliphatic carbocycles. The van der Waals surface area contributed by atoms with Gasteiger partial charge in [-0.2, -0.15) is 10.2 Å². The summed E-state index contributed by atoms with van der Waals surface area (Å²) in [6.45, 7) is 4.62. The van der Waals surface area contributed by atoms with Crippen molar-refractivity contribution in [1.82, 2.24) is 34.4 Å². The highest BCUT2D eigenvalue weighted by Crippen LogP contribution is 2.18. The van der Waals surface area contributed by atoms with Gasteiger partial charge >= 0.3 is 0 Å². The molecule has 9 heteroatoms. The molecule has 0 N–H and O–H groups in total. The Hall–Kier alpha value is -4.01. The number of carbonyl (C=O) groups is 1. The lowest BCUT2D eigenvalue weighted by molar-refractivity contribution is 0.0746. The highest BCUT2D eigenvalue weighted by molar-refractivity contribution is 5.95. The van der Waals surface area contributed by atoms with Gasteiger partial charge in [0, 0.05) is 56.4 Å². The van der Waals surface area contributed by atoms with Gasteiger partial charge in [-0.25, -0.2) is 19.3 Å². The molecule has 0 atom stereocenters. The van der Waals surface area contributed by atoms with E-state index in [4.69, 9.17) is 0 Å². The lowest BCUT2D eigenvalue weighted by Gasteiger charge is -2.35. The summed E-state index contributed by atoms with van der Waals surface area (Å²) in [5.41, 5.74) is 2.47. The molecule has 1 aliphatic heterocycles. The molecule has 0 spiro atoms. The maximum absolute atomic E-state index is 13.0. The molecule has 1 saturated heterocycles. The van der Waals surface area contributed by atoms with Crippen LogP contribution in [-0.4, -0.2) is 66.5 Å². The van der Waals surface area contributed by atoms with Crippen molar-refractivity contribution in [2.45, 2.75) is 6.92 Å². The van der Waals surface area contributed by atoms with Crippen LogP contribution in [0.15, 0.2) is 67.4 Å². The Morgan fingerprint density at radius 1 is 0.903 bits per heavy atom. The Morgan fingerprint density at radius 3 is 2.48 bits per heavy atom. The van der Waals surface area contributed by atoms with Crippen LogP contribution in [-0.2, 0) is 0 Å². The summed E-state index contributed by atoms with van der Waals surface area (Å²) in [4.78, 5) is 25.9. The number of aryl methyl sites for hydroxylation is 1. The first-order valence-electron chi connectivity index (χ1n) is 10.2. The molecule has 1 aliphatic rings. The van der Waals surface area contributed by atoms with Crippen LogP contribution in [0.25, 0.3) is 11.5 Å². The minimum atomic E-state index is 0.0315. The van der Waals surface area contributed by atoms with Gasteiger partial charge in [-0.3, -0.25) is 4.79 Å². The first-order valence-corrected chi connectivity index (χ1v) is 10.2. The monoisotopic (exact) mass is 414 g/mol. The number of piperazine rings is 1. The summed E-state index contributed by atoms with van der Waals surface area (Å²) in [5, 5.41) is 8.65. The molecule has 31 heavy (non-hydrogen) atoms. The summed E-state index contributed by atoms with van der Waals surface area (Å²) in [6.07, 6.45) is 7.03. The van der Waals surface area contributed by atoms with Crippen molar-refractivity contribution in [3.63, 3.8) is 0 Å². The van der Waals surface area contributed by atoms with E-state index in [0.717, 1.165) is 23.0 Å². The van der Waals surface area contributed by atoms with Gasteiger partial charge in [-0.05, 0) is 37.3 Å². The van der Waals surface area contributed by atoms with Crippen LogP contribution in [0, 0.1) is 6.92 Å². The van der Waals surface area contributed by atoms with Crippen LogP contribution >= 0.6 is 0 Å². The molecule has 0 radical (unpaired) electrons. The number of anilines is 1. The van der Waals surface area contributed by atoms with Gasteiger partial charge in [0.2, 0.25) is 0 Å². The van der Waals surface area contributed by atoms with Crippen molar-refractivity contribution >= 4 is 11.7 Å². The normalized spacial score (nSPS) is 14.1. The van der Waals surface area contributed by atoms with Crippen LogP contribution in [0.5, 0.6) is 0 Å². The molecular weight excluding hydrogens is 392 g/mol. The van der Waals surface area contributed by atoms with E-state index in [1.54, 1.807) is 21.9 Å². The third kappa shape index (κ3) is 3.89. The van der Waals surface area contributed by atoms with Crippen LogP contribution in [0.3, 0.4) is 0 Å². The number of hydrogen-bond acceptors (Lipinski definition) is 6. The van der Waals surface area contributed by atoms with Gasteiger partial charge in [0.15, 0.2) is 5.82 Å². The van der Waals surface area contributed by atoms with Gasteiger partial charge in [-0.15, -0.1) is 0 Å². The predicted octanol–water partition coefficient (Wildman–Crippen LogP) is 2.12. The van der Waals surface area contributed by atoms with E-state index in [-0.39, 0.29) is 5.91 Å². The highest BCUT2D eigenvalue weighted by atomic mass is 16.2. The number of rotatable bonds is 4. The summed E-state index contributed by atoms with van der Waals surface area (Å²) >= 11 is 0. The van der Waals surface area contributed by atoms with E-state index in [2.05, 4.69) is 25.1 Å². The van der Waals surface area contributed by atoms with Crippen LogP contribution in [0.4, 0.5) is 5.82 Å². The molecule has 0 unspecified atom stereocenters. The van der Waals surface area contributed by atoms with E-state index < -0.39 is 0 Å². The second kappa shape index (κ2) is 8.02. The van der Waals surface area contributed by atoms with Crippen LogP contribution in [0.2, 0.25) is 0 Å². The lowest BCUT2D eigenvalue weighted by atomic mass is 10.1. The van der Waals surface area contributed by atoms with Crippen molar-refractivity contribution in [3.05, 3.63) is 78.6 Å². The number of aromatic nitrogens is 6. The fourth-order valence-corrected chi connectivity index (χ4v) is 3.70. The Labute approximate surface area is 179 Å². The molecule has 9 nitrogen and oxygen atoms in total. The van der Waals surface area contributed by atoms with E-state index in [1.165, 1.54) is 0 Å². The summed E-state index contributed by atoms with van der Waals surface area (Å²) in [5.74, 6) is 1.60. The van der Waals surface area contributed by atoms with Gasteiger partial charge < -0.3 is 9.80 Å². The van der Waals surface area contributed by atoms with Gasteiger partial charge in [0.25, 0.3) is 5.91 Å². The third-order valence-electron chi connectivity index (χ3n) is 5.35. The molecule has 1 amide bonds. The quantitative estimate of drug-likeness (QED) is 0.509. The van der Waals surface area contributed by atoms with Crippen molar-refractivity contribution in [2.75, 3.05) is 31.1 Å². The molecule has 3 aromatic heterocycles.